The molecule has 1 heterocycles. The number of hydrogen-bond donors (Lipinski definition) is 0. The monoisotopic (exact) mass is 294 g/mol. The van der Waals surface area contributed by atoms with Crippen molar-refractivity contribution in [2.24, 2.45) is 0 Å². The summed E-state index contributed by atoms with van der Waals surface area (Å²) in [7, 11) is 0. The van der Waals surface area contributed by atoms with E-state index in [4.69, 9.17) is 4.74 Å². The summed E-state index contributed by atoms with van der Waals surface area (Å²) in [5.74, 6) is 2.02. The van der Waals surface area contributed by atoms with Crippen molar-refractivity contribution in [1.29, 1.82) is 0 Å². The number of ether oxygens (including phenoxy) is 1. The average Bonchev–Trinajstić information content (AvgIpc) is 2.41. The highest BCUT2D eigenvalue weighted by Crippen LogP contribution is 2.45. The first-order valence-electron chi connectivity index (χ1n) is 8.10. The molecule has 3 rings (SSSR count). The molecule has 0 saturated heterocycles. The Morgan fingerprint density at radius 2 is 1.45 bits per heavy atom. The van der Waals surface area contributed by atoms with Crippen LogP contribution in [0.1, 0.15) is 63.8 Å². The summed E-state index contributed by atoms with van der Waals surface area (Å²) >= 11 is 0. The minimum absolute atomic E-state index is 0.101. The molecular formula is C21H26O. The van der Waals surface area contributed by atoms with Crippen molar-refractivity contribution in [3.8, 4) is 11.5 Å². The third kappa shape index (κ3) is 2.54. The minimum atomic E-state index is 0.101. The predicted octanol–water partition coefficient (Wildman–Crippen LogP) is 5.98. The fourth-order valence-electron chi connectivity index (χ4n) is 3.44. The topological polar surface area (TPSA) is 9.23 Å². The molecule has 0 amide bonds. The van der Waals surface area contributed by atoms with Crippen LogP contribution in [-0.4, -0.2) is 0 Å². The summed E-state index contributed by atoms with van der Waals surface area (Å²) in [6, 6.07) is 12.8. The Hall–Kier alpha value is -1.76. The van der Waals surface area contributed by atoms with Gasteiger partial charge in [-0.1, -0.05) is 65.8 Å². The van der Waals surface area contributed by atoms with Gasteiger partial charge in [0.2, 0.25) is 0 Å². The van der Waals surface area contributed by atoms with E-state index in [0.717, 1.165) is 17.9 Å². The van der Waals surface area contributed by atoms with Crippen LogP contribution in [0, 0.1) is 0 Å². The van der Waals surface area contributed by atoms with Crippen LogP contribution in [0.25, 0.3) is 0 Å². The molecule has 1 nitrogen and oxygen atoms in total. The smallest absolute Gasteiger partial charge is 0.131 e. The van der Waals surface area contributed by atoms with Crippen molar-refractivity contribution in [2.75, 3.05) is 0 Å². The van der Waals surface area contributed by atoms with E-state index in [1.807, 2.05) is 6.07 Å². The lowest BCUT2D eigenvalue weighted by atomic mass is 9.72. The molecule has 2 aromatic rings. The minimum Gasteiger partial charge on any atom is -0.457 e. The zero-order valence-corrected chi connectivity index (χ0v) is 14.6. The molecule has 0 fully saturated rings. The molecule has 0 radical (unpaired) electrons. The van der Waals surface area contributed by atoms with Gasteiger partial charge in [0.15, 0.2) is 0 Å². The standard InChI is InChI=1S/C21H26O/c1-20(2,3)16-11-12-18-15(19(16)21(4,5)6)13-14-9-7-8-10-17(14)22-18/h7-12H,13H2,1-6H3. The Morgan fingerprint density at radius 3 is 2.09 bits per heavy atom. The van der Waals surface area contributed by atoms with Gasteiger partial charge in [-0.3, -0.25) is 0 Å². The Bertz CT molecular complexity index is 712. The lowest BCUT2D eigenvalue weighted by molar-refractivity contribution is 0.448. The molecule has 0 bridgehead atoms. The third-order valence-corrected chi connectivity index (χ3v) is 4.39. The average molecular weight is 294 g/mol. The van der Waals surface area contributed by atoms with Crippen LogP contribution in [0.4, 0.5) is 0 Å². The zero-order valence-electron chi connectivity index (χ0n) is 14.6. The molecule has 1 aliphatic heterocycles. The number of benzene rings is 2. The van der Waals surface area contributed by atoms with Crippen LogP contribution >= 0.6 is 0 Å². The van der Waals surface area contributed by atoms with E-state index in [1.165, 1.54) is 22.3 Å². The van der Waals surface area contributed by atoms with E-state index >= 15 is 0 Å². The third-order valence-electron chi connectivity index (χ3n) is 4.39. The molecular weight excluding hydrogens is 268 g/mol. The number of rotatable bonds is 0. The number of fused-ring (bicyclic) bond motifs is 2. The van der Waals surface area contributed by atoms with Gasteiger partial charge < -0.3 is 4.74 Å². The Kier molecular flexibility index (Phi) is 3.36. The fourth-order valence-corrected chi connectivity index (χ4v) is 3.44. The summed E-state index contributed by atoms with van der Waals surface area (Å²) in [4.78, 5) is 0. The Labute approximate surface area is 134 Å². The van der Waals surface area contributed by atoms with Crippen LogP contribution in [0.3, 0.4) is 0 Å². The SMILES string of the molecule is CC(C)(C)c1ccc2c(c1C(C)(C)C)Cc1ccccc1O2. The van der Waals surface area contributed by atoms with Crippen molar-refractivity contribution in [3.63, 3.8) is 0 Å². The molecule has 1 heteroatoms. The Balaban J connectivity index is 2.24. The quantitative estimate of drug-likeness (QED) is 0.495. The van der Waals surface area contributed by atoms with E-state index in [2.05, 4.69) is 71.9 Å². The van der Waals surface area contributed by atoms with Crippen molar-refractivity contribution in [2.45, 2.75) is 58.8 Å². The number of hydrogen-bond acceptors (Lipinski definition) is 1. The predicted molar refractivity (Wildman–Crippen MR) is 93.2 cm³/mol. The molecule has 0 aromatic heterocycles. The lowest BCUT2D eigenvalue weighted by Crippen LogP contribution is -2.25. The second-order valence-corrected chi connectivity index (χ2v) is 8.35. The van der Waals surface area contributed by atoms with E-state index < -0.39 is 0 Å². The molecule has 0 unspecified atom stereocenters. The highest BCUT2D eigenvalue weighted by Gasteiger charge is 2.31. The summed E-state index contributed by atoms with van der Waals surface area (Å²) in [5, 5.41) is 0. The van der Waals surface area contributed by atoms with Crippen molar-refractivity contribution in [1.82, 2.24) is 0 Å². The van der Waals surface area contributed by atoms with Crippen molar-refractivity contribution < 1.29 is 4.74 Å². The highest BCUT2D eigenvalue weighted by atomic mass is 16.5. The molecule has 1 aliphatic rings. The maximum absolute atomic E-state index is 6.18. The maximum Gasteiger partial charge on any atom is 0.131 e. The van der Waals surface area contributed by atoms with Gasteiger partial charge in [0.05, 0.1) is 0 Å². The Morgan fingerprint density at radius 1 is 0.773 bits per heavy atom. The summed E-state index contributed by atoms with van der Waals surface area (Å²) in [6.45, 7) is 13.8. The first-order valence-corrected chi connectivity index (χ1v) is 8.10. The summed E-state index contributed by atoms with van der Waals surface area (Å²) < 4.78 is 6.18. The van der Waals surface area contributed by atoms with Gasteiger partial charge in [0, 0.05) is 12.0 Å². The lowest BCUT2D eigenvalue weighted by Gasteiger charge is -2.35. The van der Waals surface area contributed by atoms with Gasteiger partial charge in [-0.15, -0.1) is 0 Å². The highest BCUT2D eigenvalue weighted by molar-refractivity contribution is 5.57. The van der Waals surface area contributed by atoms with Gasteiger partial charge in [0.1, 0.15) is 11.5 Å². The zero-order chi connectivity index (χ0) is 16.1. The van der Waals surface area contributed by atoms with Crippen LogP contribution in [0.5, 0.6) is 11.5 Å². The van der Waals surface area contributed by atoms with Crippen LogP contribution in [-0.2, 0) is 17.3 Å². The fraction of sp³-hybridized carbons (Fsp3) is 0.429. The normalized spacial score (nSPS) is 14.1. The first-order chi connectivity index (χ1) is 10.2. The first kappa shape index (κ1) is 15.1. The van der Waals surface area contributed by atoms with E-state index in [0.29, 0.717) is 0 Å². The molecule has 0 atom stereocenters. The van der Waals surface area contributed by atoms with Gasteiger partial charge >= 0.3 is 0 Å². The van der Waals surface area contributed by atoms with E-state index in [-0.39, 0.29) is 10.8 Å². The molecule has 116 valence electrons. The second-order valence-electron chi connectivity index (χ2n) is 8.35. The van der Waals surface area contributed by atoms with Crippen LogP contribution < -0.4 is 4.74 Å². The van der Waals surface area contributed by atoms with Gasteiger partial charge in [-0.2, -0.15) is 0 Å². The van der Waals surface area contributed by atoms with Crippen molar-refractivity contribution in [3.05, 3.63) is 58.7 Å². The van der Waals surface area contributed by atoms with Crippen LogP contribution in [0.2, 0.25) is 0 Å². The summed E-state index contributed by atoms with van der Waals surface area (Å²) in [6.07, 6.45) is 0.960. The molecule has 0 N–H and O–H groups in total. The van der Waals surface area contributed by atoms with Gasteiger partial charge in [-0.25, -0.2) is 0 Å². The molecule has 22 heavy (non-hydrogen) atoms. The molecule has 0 saturated carbocycles. The summed E-state index contributed by atoms with van der Waals surface area (Å²) in [5.41, 5.74) is 5.76. The van der Waals surface area contributed by atoms with E-state index in [9.17, 15) is 0 Å². The van der Waals surface area contributed by atoms with Crippen LogP contribution in [0.15, 0.2) is 36.4 Å². The van der Waals surface area contributed by atoms with Crippen molar-refractivity contribution >= 4 is 0 Å². The number of para-hydroxylation sites is 1. The van der Waals surface area contributed by atoms with Gasteiger partial charge in [-0.05, 0) is 39.7 Å². The molecule has 0 spiro atoms. The largest absolute Gasteiger partial charge is 0.457 e. The van der Waals surface area contributed by atoms with E-state index in [1.54, 1.807) is 0 Å². The molecule has 2 aromatic carbocycles. The van der Waals surface area contributed by atoms with Gasteiger partial charge in [0.25, 0.3) is 0 Å². The molecule has 0 aliphatic carbocycles. The maximum atomic E-state index is 6.18. The second kappa shape index (κ2) is 4.87.